The third-order valence-corrected chi connectivity index (χ3v) is 10.4. The average Bonchev–Trinajstić information content (AvgIpc) is 3.40. The second-order valence-electron chi connectivity index (χ2n) is 10.2. The summed E-state index contributed by atoms with van der Waals surface area (Å²) in [5.41, 5.74) is 1.06. The molecule has 1 saturated heterocycles. The first-order chi connectivity index (χ1) is 20.4. The molecule has 7 nitrogen and oxygen atoms in total. The number of carbonyl (C=O) groups is 3. The number of rotatable bonds is 5. The number of hydrogen-bond donors (Lipinski definition) is 1. The molecule has 0 bridgehead atoms. The minimum absolute atomic E-state index is 0.175. The fourth-order valence-corrected chi connectivity index (χ4v) is 8.56. The Morgan fingerprint density at radius 2 is 1.70 bits per heavy atom. The van der Waals surface area contributed by atoms with Crippen molar-refractivity contribution < 1.29 is 27.6 Å². The van der Waals surface area contributed by atoms with E-state index in [2.05, 4.69) is 21.2 Å². The van der Waals surface area contributed by atoms with Gasteiger partial charge in [0.15, 0.2) is 0 Å². The number of amides is 3. The summed E-state index contributed by atoms with van der Waals surface area (Å²) in [4.78, 5) is 54.9. The van der Waals surface area contributed by atoms with Gasteiger partial charge in [0, 0.05) is 21.0 Å². The van der Waals surface area contributed by atoms with Crippen molar-refractivity contribution in [3.8, 4) is 0 Å². The normalized spacial score (nSPS) is 19.7. The molecule has 0 aliphatic carbocycles. The molecule has 13 heteroatoms. The van der Waals surface area contributed by atoms with Crippen LogP contribution in [0.3, 0.4) is 0 Å². The van der Waals surface area contributed by atoms with Crippen LogP contribution in [-0.2, 0) is 27.1 Å². The first-order valence-electron chi connectivity index (χ1n) is 13.0. The van der Waals surface area contributed by atoms with Crippen LogP contribution >= 0.6 is 39.0 Å². The van der Waals surface area contributed by atoms with Crippen LogP contribution < -0.4 is 15.1 Å². The van der Waals surface area contributed by atoms with E-state index in [4.69, 9.17) is 0 Å². The minimum atomic E-state index is -4.67. The van der Waals surface area contributed by atoms with Crippen LogP contribution in [0.15, 0.2) is 87.1 Å². The van der Waals surface area contributed by atoms with E-state index in [1.54, 1.807) is 36.4 Å². The fourth-order valence-electron chi connectivity index (χ4n) is 5.37. The number of carbonyl (C=O) groups excluding carboxylic acids is 3. The van der Waals surface area contributed by atoms with Gasteiger partial charge in [0.2, 0.25) is 17.7 Å². The van der Waals surface area contributed by atoms with E-state index < -0.39 is 51.4 Å². The molecular weight excluding hydrogens is 667 g/mol. The number of nitrogens with zero attached hydrogens (tertiary/aromatic N) is 2. The molecule has 0 spiro atoms. The molecule has 3 aromatic carbocycles. The van der Waals surface area contributed by atoms with Gasteiger partial charge in [0.1, 0.15) is 11.8 Å². The molecule has 2 aliphatic heterocycles. The third-order valence-electron chi connectivity index (χ3n) is 7.33. The van der Waals surface area contributed by atoms with Gasteiger partial charge in [0.25, 0.3) is 0 Å². The summed E-state index contributed by atoms with van der Waals surface area (Å²) in [5.74, 6) is -3.51. The molecule has 3 unspecified atom stereocenters. The van der Waals surface area contributed by atoms with Crippen molar-refractivity contribution in [1.82, 2.24) is 4.57 Å². The van der Waals surface area contributed by atoms with Crippen LogP contribution in [0.4, 0.5) is 24.5 Å². The Morgan fingerprint density at radius 1 is 0.977 bits per heavy atom. The Hall–Kier alpha value is -3.68. The van der Waals surface area contributed by atoms with E-state index in [-0.39, 0.29) is 12.2 Å². The lowest BCUT2D eigenvalue weighted by molar-refractivity contribution is -0.137. The van der Waals surface area contributed by atoms with E-state index in [0.717, 1.165) is 51.8 Å². The zero-order valence-corrected chi connectivity index (χ0v) is 25.4. The van der Waals surface area contributed by atoms with Gasteiger partial charge in [-0.1, -0.05) is 74.9 Å². The van der Waals surface area contributed by atoms with Crippen molar-refractivity contribution in [1.29, 1.82) is 0 Å². The van der Waals surface area contributed by atoms with Crippen LogP contribution in [0.5, 0.6) is 0 Å². The average molecular weight is 689 g/mol. The Bertz CT molecular complexity index is 1840. The van der Waals surface area contributed by atoms with Crippen molar-refractivity contribution in [3.05, 3.63) is 109 Å². The fraction of sp³-hybridized carbons (Fsp3) is 0.200. The highest BCUT2D eigenvalue weighted by Gasteiger charge is 2.57. The number of halogens is 4. The highest BCUT2D eigenvalue weighted by Crippen LogP contribution is 2.54. The van der Waals surface area contributed by atoms with Crippen molar-refractivity contribution in [3.63, 3.8) is 0 Å². The number of benzene rings is 3. The standard InChI is InChI=1S/C30H21BrF3N3O4S2/c1-15-8-10-19(11-9-15)35-21(38)14-36-28-25(43-29(36)41)22(16-4-2-6-18(31)12-16)23-24(42-28)27(40)37(26(23)39)20-7-3-5-17(13-20)30(32,33)34/h2-13,22-24H,14H2,1H3,(H,35,38). The lowest BCUT2D eigenvalue weighted by Gasteiger charge is -2.30. The molecule has 0 radical (unpaired) electrons. The molecule has 2 aliphatic rings. The van der Waals surface area contributed by atoms with Gasteiger partial charge in [-0.2, -0.15) is 13.2 Å². The second-order valence-corrected chi connectivity index (χ2v) is 13.2. The first-order valence-corrected chi connectivity index (χ1v) is 15.5. The molecular formula is C30H21BrF3N3O4S2. The number of imide groups is 1. The summed E-state index contributed by atoms with van der Waals surface area (Å²) in [6.07, 6.45) is -4.67. The molecule has 1 aromatic heterocycles. The Balaban J connectivity index is 1.41. The molecule has 3 heterocycles. The number of thioether (sulfide) groups is 1. The van der Waals surface area contributed by atoms with Crippen molar-refractivity contribution >= 4 is 68.1 Å². The number of nitrogens with one attached hydrogen (secondary N) is 1. The van der Waals surface area contributed by atoms with Crippen molar-refractivity contribution in [2.75, 3.05) is 10.2 Å². The van der Waals surface area contributed by atoms with Gasteiger partial charge in [-0.25, -0.2) is 4.90 Å². The molecule has 4 aromatic rings. The van der Waals surface area contributed by atoms with Crippen LogP contribution in [0.25, 0.3) is 0 Å². The Kier molecular flexibility index (Phi) is 7.59. The van der Waals surface area contributed by atoms with E-state index >= 15 is 0 Å². The second kappa shape index (κ2) is 11.1. The van der Waals surface area contributed by atoms with E-state index in [1.807, 2.05) is 19.1 Å². The number of aryl methyl sites for hydroxylation is 1. The summed E-state index contributed by atoms with van der Waals surface area (Å²) >= 11 is 5.33. The van der Waals surface area contributed by atoms with Gasteiger partial charge in [-0.05, 0) is 55.0 Å². The predicted octanol–water partition coefficient (Wildman–Crippen LogP) is 6.43. The summed E-state index contributed by atoms with van der Waals surface area (Å²) in [5, 5.41) is 2.12. The topological polar surface area (TPSA) is 88.5 Å². The minimum Gasteiger partial charge on any atom is -0.325 e. The van der Waals surface area contributed by atoms with Gasteiger partial charge < -0.3 is 5.32 Å². The molecule has 220 valence electrons. The Labute approximate surface area is 259 Å². The van der Waals surface area contributed by atoms with Gasteiger partial charge in [-0.15, -0.1) is 0 Å². The molecule has 6 rings (SSSR count). The largest absolute Gasteiger partial charge is 0.416 e. The maximum Gasteiger partial charge on any atom is 0.416 e. The van der Waals surface area contributed by atoms with E-state index in [9.17, 15) is 32.3 Å². The summed E-state index contributed by atoms with van der Waals surface area (Å²) in [7, 11) is 0. The number of aromatic nitrogens is 1. The van der Waals surface area contributed by atoms with Gasteiger partial charge >= 0.3 is 11.0 Å². The van der Waals surface area contributed by atoms with Crippen LogP contribution in [0.2, 0.25) is 0 Å². The maximum absolute atomic E-state index is 13.9. The van der Waals surface area contributed by atoms with Crippen LogP contribution in [0, 0.1) is 12.8 Å². The van der Waals surface area contributed by atoms with Gasteiger partial charge in [0.05, 0.1) is 22.2 Å². The summed E-state index contributed by atoms with van der Waals surface area (Å²) in [6, 6.07) is 18.4. The monoisotopic (exact) mass is 687 g/mol. The molecule has 43 heavy (non-hydrogen) atoms. The van der Waals surface area contributed by atoms with Gasteiger partial charge in [-0.3, -0.25) is 23.7 Å². The lowest BCUT2D eigenvalue weighted by Crippen LogP contribution is -2.33. The molecule has 3 amide bonds. The SMILES string of the molecule is Cc1ccc(NC(=O)Cn2c3c(sc2=O)C(c2cccc(Br)c2)C2C(=O)N(c4cccc(C(F)(F)F)c4)C(=O)C2S3)cc1. The van der Waals surface area contributed by atoms with E-state index in [1.165, 1.54) is 10.6 Å². The predicted molar refractivity (Wildman–Crippen MR) is 161 cm³/mol. The highest BCUT2D eigenvalue weighted by molar-refractivity contribution is 9.10. The Morgan fingerprint density at radius 3 is 2.40 bits per heavy atom. The number of thiazole rings is 1. The summed E-state index contributed by atoms with van der Waals surface area (Å²) in [6.45, 7) is 1.59. The van der Waals surface area contributed by atoms with Crippen LogP contribution in [0.1, 0.15) is 27.5 Å². The number of hydrogen-bond acceptors (Lipinski definition) is 6. The number of fused-ring (bicyclic) bond motifs is 2. The molecule has 3 atom stereocenters. The zero-order chi connectivity index (χ0) is 30.6. The van der Waals surface area contributed by atoms with E-state index in [0.29, 0.717) is 25.6 Å². The number of anilines is 2. The lowest BCUT2D eigenvalue weighted by atomic mass is 9.83. The molecule has 0 saturated carbocycles. The molecule has 1 N–H and O–H groups in total. The maximum atomic E-state index is 13.9. The summed E-state index contributed by atoms with van der Waals surface area (Å²) < 4.78 is 42.5. The van der Waals surface area contributed by atoms with Crippen molar-refractivity contribution in [2.45, 2.75) is 35.8 Å². The number of alkyl halides is 3. The van der Waals surface area contributed by atoms with Crippen LogP contribution in [-0.4, -0.2) is 27.5 Å². The highest BCUT2D eigenvalue weighted by atomic mass is 79.9. The van der Waals surface area contributed by atoms with Crippen molar-refractivity contribution in [2.24, 2.45) is 5.92 Å². The zero-order valence-electron chi connectivity index (χ0n) is 22.2. The third kappa shape index (κ3) is 5.45. The quantitative estimate of drug-likeness (QED) is 0.244. The molecule has 1 fully saturated rings. The first kappa shape index (κ1) is 29.4. The smallest absolute Gasteiger partial charge is 0.325 e.